The van der Waals surface area contributed by atoms with Gasteiger partial charge in [0.1, 0.15) is 11.5 Å². The van der Waals surface area contributed by atoms with Crippen molar-refractivity contribution in [3.05, 3.63) is 54.6 Å². The molecule has 2 aromatic rings. The molecule has 0 fully saturated rings. The molecule has 0 spiro atoms. The van der Waals surface area contributed by atoms with Gasteiger partial charge in [-0.05, 0) is 24.3 Å². The molecule has 0 saturated carbocycles. The minimum Gasteiger partial charge on any atom is -0.457 e. The first-order chi connectivity index (χ1) is 10.9. The standard InChI is InChI=1S/C16H16F3N3O.HI/c17-16(18,19)9-10-21-15(20)22-12-5-4-8-14(11-12)23-13-6-2-1-3-7-13;/h1-8,11H,9-10H2,(H3,20,21,22);1H. The third-order valence-corrected chi connectivity index (χ3v) is 2.76. The molecule has 8 heteroatoms. The lowest BCUT2D eigenvalue weighted by Gasteiger charge is -2.09. The molecule has 0 aromatic heterocycles. The van der Waals surface area contributed by atoms with E-state index in [0.29, 0.717) is 17.2 Å². The van der Waals surface area contributed by atoms with Crippen LogP contribution in [0.3, 0.4) is 0 Å². The van der Waals surface area contributed by atoms with Crippen molar-refractivity contribution in [1.82, 2.24) is 0 Å². The van der Waals surface area contributed by atoms with Crippen LogP contribution in [0.1, 0.15) is 6.42 Å². The predicted octanol–water partition coefficient (Wildman–Crippen LogP) is 4.78. The first-order valence-electron chi connectivity index (χ1n) is 6.89. The fourth-order valence-electron chi connectivity index (χ4n) is 1.75. The SMILES string of the molecule is I.NC(=NCCC(F)(F)F)Nc1cccc(Oc2ccccc2)c1. The zero-order valence-corrected chi connectivity index (χ0v) is 14.9. The van der Waals surface area contributed by atoms with Crippen molar-refractivity contribution >= 4 is 35.6 Å². The fraction of sp³-hybridized carbons (Fsp3) is 0.188. The van der Waals surface area contributed by atoms with E-state index < -0.39 is 19.1 Å². The molecule has 0 atom stereocenters. The molecular weight excluding hydrogens is 434 g/mol. The van der Waals surface area contributed by atoms with Crippen LogP contribution in [0.4, 0.5) is 18.9 Å². The minimum atomic E-state index is -4.24. The zero-order chi connectivity index (χ0) is 16.7. The van der Waals surface area contributed by atoms with Crippen LogP contribution in [0, 0.1) is 0 Å². The molecule has 130 valence electrons. The molecule has 0 unspecified atom stereocenters. The maximum atomic E-state index is 12.0. The lowest BCUT2D eigenvalue weighted by Crippen LogP contribution is -2.23. The van der Waals surface area contributed by atoms with E-state index >= 15 is 0 Å². The summed E-state index contributed by atoms with van der Waals surface area (Å²) in [6.07, 6.45) is -5.25. The van der Waals surface area contributed by atoms with Gasteiger partial charge in [0.05, 0.1) is 13.0 Å². The number of ether oxygens (including phenoxy) is 1. The van der Waals surface area contributed by atoms with Gasteiger partial charge < -0.3 is 15.8 Å². The number of alkyl halides is 3. The van der Waals surface area contributed by atoms with Crippen molar-refractivity contribution < 1.29 is 17.9 Å². The molecule has 2 rings (SSSR count). The number of aliphatic imine (C=N–C) groups is 1. The number of rotatable bonds is 5. The minimum absolute atomic E-state index is 0. The van der Waals surface area contributed by atoms with Crippen molar-refractivity contribution in [2.45, 2.75) is 12.6 Å². The van der Waals surface area contributed by atoms with Gasteiger partial charge >= 0.3 is 6.18 Å². The van der Waals surface area contributed by atoms with Gasteiger partial charge in [-0.25, -0.2) is 0 Å². The van der Waals surface area contributed by atoms with Crippen molar-refractivity contribution in [3.63, 3.8) is 0 Å². The Balaban J connectivity index is 0.00000288. The third-order valence-electron chi connectivity index (χ3n) is 2.76. The van der Waals surface area contributed by atoms with E-state index in [0.717, 1.165) is 0 Å². The van der Waals surface area contributed by atoms with Crippen LogP contribution in [-0.2, 0) is 0 Å². The van der Waals surface area contributed by atoms with Crippen molar-refractivity contribution in [3.8, 4) is 11.5 Å². The van der Waals surface area contributed by atoms with E-state index in [-0.39, 0.29) is 29.9 Å². The number of hydrogen-bond acceptors (Lipinski definition) is 2. The number of para-hydroxylation sites is 1. The first-order valence-corrected chi connectivity index (χ1v) is 6.89. The van der Waals surface area contributed by atoms with E-state index in [1.54, 1.807) is 24.3 Å². The second-order valence-corrected chi connectivity index (χ2v) is 4.70. The molecular formula is C16H17F3IN3O. The van der Waals surface area contributed by atoms with Gasteiger partial charge in [0.25, 0.3) is 0 Å². The highest BCUT2D eigenvalue weighted by Crippen LogP contribution is 2.23. The molecule has 0 amide bonds. The number of nitrogens with one attached hydrogen (secondary N) is 1. The predicted molar refractivity (Wildman–Crippen MR) is 99.2 cm³/mol. The van der Waals surface area contributed by atoms with Crippen LogP contribution in [0.2, 0.25) is 0 Å². The highest BCUT2D eigenvalue weighted by molar-refractivity contribution is 14.0. The molecule has 0 aliphatic heterocycles. The molecule has 2 aromatic carbocycles. The molecule has 3 N–H and O–H groups in total. The first kappa shape index (κ1) is 20.1. The second-order valence-electron chi connectivity index (χ2n) is 4.70. The second kappa shape index (κ2) is 9.36. The third kappa shape index (κ3) is 7.53. The molecule has 0 bridgehead atoms. The Kier molecular flexibility index (Phi) is 7.83. The summed E-state index contributed by atoms with van der Waals surface area (Å²) in [5, 5.41) is 2.73. The average molecular weight is 451 g/mol. The molecule has 0 aliphatic carbocycles. The van der Waals surface area contributed by atoms with Gasteiger partial charge in [0.2, 0.25) is 0 Å². The Morgan fingerprint density at radius 3 is 2.38 bits per heavy atom. The summed E-state index contributed by atoms with van der Waals surface area (Å²) in [4.78, 5) is 3.64. The maximum absolute atomic E-state index is 12.0. The summed E-state index contributed by atoms with van der Waals surface area (Å²) in [5.74, 6) is 1.17. The Bertz CT molecular complexity index is 663. The molecule has 0 saturated heterocycles. The van der Waals surface area contributed by atoms with E-state index in [1.807, 2.05) is 30.3 Å². The van der Waals surface area contributed by atoms with E-state index in [1.165, 1.54) is 0 Å². The Labute approximate surface area is 154 Å². The monoisotopic (exact) mass is 451 g/mol. The van der Waals surface area contributed by atoms with Gasteiger partial charge in [-0.1, -0.05) is 24.3 Å². The van der Waals surface area contributed by atoms with Crippen molar-refractivity contribution in [1.29, 1.82) is 0 Å². The van der Waals surface area contributed by atoms with Gasteiger partial charge in [-0.3, -0.25) is 4.99 Å². The lowest BCUT2D eigenvalue weighted by atomic mass is 10.3. The topological polar surface area (TPSA) is 59.6 Å². The highest BCUT2D eigenvalue weighted by atomic mass is 127. The van der Waals surface area contributed by atoms with Gasteiger partial charge in [-0.2, -0.15) is 13.2 Å². The summed E-state index contributed by atoms with van der Waals surface area (Å²) in [7, 11) is 0. The molecule has 0 radical (unpaired) electrons. The highest BCUT2D eigenvalue weighted by Gasteiger charge is 2.26. The smallest absolute Gasteiger partial charge is 0.390 e. The fourth-order valence-corrected chi connectivity index (χ4v) is 1.75. The van der Waals surface area contributed by atoms with Crippen LogP contribution in [-0.4, -0.2) is 18.7 Å². The number of benzene rings is 2. The Morgan fingerprint density at radius 2 is 1.71 bits per heavy atom. The Hall–Kier alpha value is -1.97. The van der Waals surface area contributed by atoms with Crippen LogP contribution in [0.15, 0.2) is 59.6 Å². The Morgan fingerprint density at radius 1 is 1.04 bits per heavy atom. The summed E-state index contributed by atoms with van der Waals surface area (Å²) in [5.41, 5.74) is 6.14. The lowest BCUT2D eigenvalue weighted by molar-refractivity contribution is -0.132. The van der Waals surface area contributed by atoms with E-state index in [9.17, 15) is 13.2 Å². The number of anilines is 1. The number of guanidine groups is 1. The molecule has 4 nitrogen and oxygen atoms in total. The number of halogens is 4. The maximum Gasteiger partial charge on any atom is 0.390 e. The number of nitrogens with zero attached hydrogens (tertiary/aromatic N) is 1. The number of hydrogen-bond donors (Lipinski definition) is 2. The van der Waals surface area contributed by atoms with Gasteiger partial charge in [-0.15, -0.1) is 24.0 Å². The molecule has 0 heterocycles. The van der Waals surface area contributed by atoms with Crippen molar-refractivity contribution in [2.24, 2.45) is 10.7 Å². The molecule has 0 aliphatic rings. The van der Waals surface area contributed by atoms with Crippen LogP contribution >= 0.6 is 24.0 Å². The summed E-state index contributed by atoms with van der Waals surface area (Å²) in [6.45, 7) is -0.414. The average Bonchev–Trinajstić information content (AvgIpc) is 2.47. The van der Waals surface area contributed by atoms with Gasteiger partial charge in [0.15, 0.2) is 5.96 Å². The van der Waals surface area contributed by atoms with Crippen LogP contribution in [0.25, 0.3) is 0 Å². The quantitative estimate of drug-likeness (QED) is 0.391. The normalized spacial score (nSPS) is 11.5. The summed E-state index contributed by atoms with van der Waals surface area (Å²) < 4.78 is 41.8. The largest absolute Gasteiger partial charge is 0.457 e. The summed E-state index contributed by atoms with van der Waals surface area (Å²) in [6, 6.07) is 16.1. The van der Waals surface area contributed by atoms with Crippen LogP contribution < -0.4 is 15.8 Å². The van der Waals surface area contributed by atoms with Crippen LogP contribution in [0.5, 0.6) is 11.5 Å². The molecule has 24 heavy (non-hydrogen) atoms. The number of nitrogens with two attached hydrogens (primary N) is 1. The van der Waals surface area contributed by atoms with Gasteiger partial charge in [0, 0.05) is 11.8 Å². The zero-order valence-electron chi connectivity index (χ0n) is 12.6. The summed E-state index contributed by atoms with van der Waals surface area (Å²) >= 11 is 0. The van der Waals surface area contributed by atoms with Crippen molar-refractivity contribution in [2.75, 3.05) is 11.9 Å². The van der Waals surface area contributed by atoms with E-state index in [4.69, 9.17) is 10.5 Å². The van der Waals surface area contributed by atoms with E-state index in [2.05, 4.69) is 10.3 Å².